The van der Waals surface area contributed by atoms with Crippen molar-refractivity contribution in [3.05, 3.63) is 23.8 Å². The highest BCUT2D eigenvalue weighted by Crippen LogP contribution is 2.26. The van der Waals surface area contributed by atoms with Crippen LogP contribution in [0, 0.1) is 0 Å². The number of ether oxygens (including phenoxy) is 2. The number of aliphatic hydroxyl groups is 1. The van der Waals surface area contributed by atoms with Crippen LogP contribution in [0.4, 0.5) is 0 Å². The Bertz CT molecular complexity index is 527. The number of benzene rings is 1. The molecule has 1 N–H and O–H groups in total. The topological polar surface area (TPSA) is 55.8 Å². The summed E-state index contributed by atoms with van der Waals surface area (Å²) < 4.78 is 11.7. The molecule has 0 aliphatic carbocycles. The molecule has 4 nitrogen and oxygen atoms in total. The molecule has 0 atom stereocenters. The number of unbranched alkanes of at least 4 members (excludes halogenated alkanes) is 10. The molecule has 0 aliphatic heterocycles. The molecule has 0 amide bonds. The number of rotatable bonds is 18. The molecule has 28 heavy (non-hydrogen) atoms. The van der Waals surface area contributed by atoms with Crippen LogP contribution < -0.4 is 9.47 Å². The summed E-state index contributed by atoms with van der Waals surface area (Å²) in [5, 5.41) is 9.20. The average Bonchev–Trinajstić information content (AvgIpc) is 2.72. The van der Waals surface area contributed by atoms with Gasteiger partial charge in [0.1, 0.15) is 18.1 Å². The van der Waals surface area contributed by atoms with Gasteiger partial charge in [-0.15, -0.1) is 0 Å². The van der Waals surface area contributed by atoms with Crippen molar-refractivity contribution in [3.8, 4) is 11.5 Å². The van der Waals surface area contributed by atoms with Gasteiger partial charge in [0.25, 0.3) is 0 Å². The highest BCUT2D eigenvalue weighted by molar-refractivity contribution is 5.99. The fraction of sp³-hybridized carbons (Fsp3) is 0.708. The quantitative estimate of drug-likeness (QED) is 0.234. The Kier molecular flexibility index (Phi) is 14.4. The Morgan fingerprint density at radius 2 is 1.32 bits per heavy atom. The summed E-state index contributed by atoms with van der Waals surface area (Å²) in [5.74, 6) is 0.925. The minimum absolute atomic E-state index is 0.319. The minimum Gasteiger partial charge on any atom is -0.493 e. The van der Waals surface area contributed by atoms with Crippen molar-refractivity contribution in [2.45, 2.75) is 90.9 Å². The number of carbonyl (C=O) groups excluding carboxylic acids is 1. The van der Waals surface area contributed by atoms with Crippen molar-refractivity contribution >= 4 is 5.78 Å². The summed E-state index contributed by atoms with van der Waals surface area (Å²) >= 11 is 0. The second-order valence-corrected chi connectivity index (χ2v) is 7.47. The molecule has 1 aromatic carbocycles. The third-order valence-corrected chi connectivity index (χ3v) is 4.92. The van der Waals surface area contributed by atoms with Crippen molar-refractivity contribution in [1.29, 1.82) is 0 Å². The van der Waals surface area contributed by atoms with Gasteiger partial charge in [0.05, 0.1) is 18.8 Å². The van der Waals surface area contributed by atoms with E-state index in [1.54, 1.807) is 18.2 Å². The second-order valence-electron chi connectivity index (χ2n) is 7.47. The summed E-state index contributed by atoms with van der Waals surface area (Å²) in [4.78, 5) is 12.0. The van der Waals surface area contributed by atoms with E-state index < -0.39 is 6.61 Å². The van der Waals surface area contributed by atoms with Crippen LogP contribution >= 0.6 is 0 Å². The summed E-state index contributed by atoms with van der Waals surface area (Å²) in [7, 11) is 0. The summed E-state index contributed by atoms with van der Waals surface area (Å²) in [5.41, 5.74) is 0.431. The zero-order valence-electron chi connectivity index (χ0n) is 18.0. The molecule has 0 saturated carbocycles. The van der Waals surface area contributed by atoms with Crippen LogP contribution in [0.15, 0.2) is 18.2 Å². The molecule has 0 heterocycles. The average molecular weight is 393 g/mol. The van der Waals surface area contributed by atoms with Gasteiger partial charge < -0.3 is 14.6 Å². The number of hydrogen-bond donors (Lipinski definition) is 1. The smallest absolute Gasteiger partial charge is 0.191 e. The first kappa shape index (κ1) is 24.5. The van der Waals surface area contributed by atoms with E-state index in [1.165, 1.54) is 57.8 Å². The first-order valence-corrected chi connectivity index (χ1v) is 11.3. The van der Waals surface area contributed by atoms with Crippen LogP contribution in [-0.2, 0) is 0 Å². The van der Waals surface area contributed by atoms with E-state index in [4.69, 9.17) is 9.47 Å². The summed E-state index contributed by atoms with van der Waals surface area (Å²) in [6, 6.07) is 5.28. The zero-order chi connectivity index (χ0) is 20.5. The first-order chi connectivity index (χ1) is 13.7. The molecule has 0 fully saturated rings. The van der Waals surface area contributed by atoms with Crippen LogP contribution in [0.5, 0.6) is 11.5 Å². The first-order valence-electron chi connectivity index (χ1n) is 11.3. The lowest BCUT2D eigenvalue weighted by atomic mass is 10.1. The number of carbonyl (C=O) groups is 1. The Labute approximate surface area is 171 Å². The van der Waals surface area contributed by atoms with Gasteiger partial charge in [0.15, 0.2) is 5.78 Å². The molecule has 1 aromatic rings. The van der Waals surface area contributed by atoms with Crippen molar-refractivity contribution < 1.29 is 19.4 Å². The van der Waals surface area contributed by atoms with Crippen LogP contribution in [-0.4, -0.2) is 30.7 Å². The maximum atomic E-state index is 12.0. The normalized spacial score (nSPS) is 10.8. The van der Waals surface area contributed by atoms with Gasteiger partial charge >= 0.3 is 0 Å². The van der Waals surface area contributed by atoms with Crippen molar-refractivity contribution in [2.24, 2.45) is 0 Å². The van der Waals surface area contributed by atoms with Crippen LogP contribution in [0.25, 0.3) is 0 Å². The lowest BCUT2D eigenvalue weighted by Gasteiger charge is -2.13. The predicted octanol–water partition coefficient (Wildman–Crippen LogP) is 6.34. The Hall–Kier alpha value is -1.55. The SMILES string of the molecule is CCCCCCCCOc1ccc(C(=O)CO)c(OCCCCCCCC)c1. The van der Waals surface area contributed by atoms with Gasteiger partial charge in [0, 0.05) is 6.07 Å². The molecular weight excluding hydrogens is 352 g/mol. The Morgan fingerprint density at radius 3 is 1.89 bits per heavy atom. The van der Waals surface area contributed by atoms with Crippen molar-refractivity contribution in [2.75, 3.05) is 19.8 Å². The fourth-order valence-electron chi connectivity index (χ4n) is 3.16. The largest absolute Gasteiger partial charge is 0.493 e. The number of hydrogen-bond acceptors (Lipinski definition) is 4. The van der Waals surface area contributed by atoms with E-state index in [-0.39, 0.29) is 5.78 Å². The lowest BCUT2D eigenvalue weighted by Crippen LogP contribution is -2.09. The molecule has 0 bridgehead atoms. The van der Waals surface area contributed by atoms with Gasteiger partial charge in [0.2, 0.25) is 0 Å². The van der Waals surface area contributed by atoms with E-state index in [2.05, 4.69) is 13.8 Å². The molecule has 0 unspecified atom stereocenters. The molecule has 0 aliphatic rings. The minimum atomic E-state index is -0.509. The Balaban J connectivity index is 2.45. The van der Waals surface area contributed by atoms with Gasteiger partial charge in [-0.3, -0.25) is 4.79 Å². The highest BCUT2D eigenvalue weighted by atomic mass is 16.5. The van der Waals surface area contributed by atoms with E-state index in [0.29, 0.717) is 24.5 Å². The van der Waals surface area contributed by atoms with Gasteiger partial charge in [-0.25, -0.2) is 0 Å². The summed E-state index contributed by atoms with van der Waals surface area (Å²) in [6.07, 6.45) is 14.5. The van der Waals surface area contributed by atoms with Gasteiger partial charge in [-0.05, 0) is 25.0 Å². The molecule has 4 heteroatoms. The van der Waals surface area contributed by atoms with Crippen molar-refractivity contribution in [3.63, 3.8) is 0 Å². The number of Topliss-reactive ketones (excluding diaryl/α,β-unsaturated/α-hetero) is 1. The van der Waals surface area contributed by atoms with E-state index >= 15 is 0 Å². The summed E-state index contributed by atoms with van der Waals surface area (Å²) in [6.45, 7) is 5.19. The third kappa shape index (κ3) is 10.7. The molecule has 0 spiro atoms. The fourth-order valence-corrected chi connectivity index (χ4v) is 3.16. The highest BCUT2D eigenvalue weighted by Gasteiger charge is 2.13. The van der Waals surface area contributed by atoms with Crippen LogP contribution in [0.3, 0.4) is 0 Å². The van der Waals surface area contributed by atoms with Crippen molar-refractivity contribution in [1.82, 2.24) is 0 Å². The monoisotopic (exact) mass is 392 g/mol. The maximum Gasteiger partial charge on any atom is 0.191 e. The molecule has 0 saturated heterocycles. The van der Waals surface area contributed by atoms with Crippen LogP contribution in [0.1, 0.15) is 101 Å². The Morgan fingerprint density at radius 1 is 0.786 bits per heavy atom. The lowest BCUT2D eigenvalue weighted by molar-refractivity contribution is 0.0899. The maximum absolute atomic E-state index is 12.0. The molecule has 1 rings (SSSR count). The predicted molar refractivity (Wildman–Crippen MR) is 116 cm³/mol. The van der Waals surface area contributed by atoms with Gasteiger partial charge in [-0.1, -0.05) is 78.1 Å². The van der Waals surface area contributed by atoms with Gasteiger partial charge in [-0.2, -0.15) is 0 Å². The standard InChI is InChI=1S/C24H40O4/c1-3-5-7-9-11-13-17-27-21-15-16-22(23(26)20-25)24(19-21)28-18-14-12-10-8-6-4-2/h15-16,19,25H,3-14,17-18,20H2,1-2H3. The zero-order valence-corrected chi connectivity index (χ0v) is 18.0. The van der Waals surface area contributed by atoms with E-state index in [1.807, 2.05) is 0 Å². The molecule has 0 aromatic heterocycles. The van der Waals surface area contributed by atoms with Crippen LogP contribution in [0.2, 0.25) is 0 Å². The molecular formula is C24H40O4. The van der Waals surface area contributed by atoms with E-state index in [9.17, 15) is 9.90 Å². The second kappa shape index (κ2) is 16.4. The molecule has 0 radical (unpaired) electrons. The number of ketones is 1. The number of aliphatic hydroxyl groups excluding tert-OH is 1. The van der Waals surface area contributed by atoms with E-state index in [0.717, 1.165) is 25.0 Å². The third-order valence-electron chi connectivity index (χ3n) is 4.92. The molecule has 160 valence electrons.